The average molecular weight is 387 g/mol. The third-order valence-corrected chi connectivity index (χ3v) is 4.54. The van der Waals surface area contributed by atoms with Crippen molar-refractivity contribution in [1.82, 2.24) is 9.97 Å². The molecule has 0 spiro atoms. The molecular weight excluding hydrogens is 375 g/mol. The van der Waals surface area contributed by atoms with Crippen molar-refractivity contribution in [3.63, 3.8) is 0 Å². The smallest absolute Gasteiger partial charge is 0.320 e. The van der Waals surface area contributed by atoms with Crippen LogP contribution in [0.15, 0.2) is 58.5 Å². The number of hydrogen-bond donors (Lipinski definition) is 1. The number of H-pyrrole nitrogens is 1. The molecule has 4 nitrogen and oxygen atoms in total. The predicted octanol–water partition coefficient (Wildman–Crippen LogP) is 4.72. The summed E-state index contributed by atoms with van der Waals surface area (Å²) in [4.78, 5) is 18.8. The third kappa shape index (κ3) is 3.88. The summed E-state index contributed by atoms with van der Waals surface area (Å²) in [6.45, 7) is 0. The van der Waals surface area contributed by atoms with Gasteiger partial charge in [0.2, 0.25) is 0 Å². The number of aromatic amines is 1. The number of nitrogens with zero attached hydrogens (tertiary/aromatic N) is 2. The van der Waals surface area contributed by atoms with Gasteiger partial charge in [-0.25, -0.2) is 4.98 Å². The van der Waals surface area contributed by atoms with Gasteiger partial charge in [-0.3, -0.25) is 4.79 Å². The van der Waals surface area contributed by atoms with E-state index in [-0.39, 0.29) is 16.8 Å². The van der Waals surface area contributed by atoms with Crippen molar-refractivity contribution in [2.24, 2.45) is 0 Å². The Balaban J connectivity index is 2.28. The molecule has 0 aliphatic rings. The summed E-state index contributed by atoms with van der Waals surface area (Å²) in [5.41, 5.74) is -0.114. The summed E-state index contributed by atoms with van der Waals surface area (Å²) in [7, 11) is 0. The molecule has 0 aliphatic heterocycles. The lowest BCUT2D eigenvalue weighted by molar-refractivity contribution is -0.137. The van der Waals surface area contributed by atoms with E-state index in [9.17, 15) is 18.0 Å². The fraction of sp³-hybridized carbons (Fsp3) is 0.105. The first-order valence-electron chi connectivity index (χ1n) is 7.69. The highest BCUT2D eigenvalue weighted by atomic mass is 32.2. The van der Waals surface area contributed by atoms with Crippen LogP contribution in [0.5, 0.6) is 0 Å². The molecule has 27 heavy (non-hydrogen) atoms. The van der Waals surface area contributed by atoms with Crippen LogP contribution in [-0.2, 0) is 6.18 Å². The first-order valence-corrected chi connectivity index (χ1v) is 8.91. The lowest BCUT2D eigenvalue weighted by Gasteiger charge is -2.13. The zero-order valence-electron chi connectivity index (χ0n) is 14.0. The summed E-state index contributed by atoms with van der Waals surface area (Å²) in [6, 6.07) is 11.3. The van der Waals surface area contributed by atoms with E-state index < -0.39 is 17.3 Å². The quantitative estimate of drug-likeness (QED) is 0.661. The van der Waals surface area contributed by atoms with Gasteiger partial charge in [0.25, 0.3) is 5.56 Å². The maximum absolute atomic E-state index is 13.1. The topological polar surface area (TPSA) is 69.5 Å². The van der Waals surface area contributed by atoms with Crippen LogP contribution in [0.25, 0.3) is 22.4 Å². The molecule has 1 aromatic carbocycles. The van der Waals surface area contributed by atoms with Crippen molar-refractivity contribution >= 4 is 11.8 Å². The number of benzene rings is 1. The van der Waals surface area contributed by atoms with Crippen LogP contribution in [0.2, 0.25) is 0 Å². The van der Waals surface area contributed by atoms with E-state index >= 15 is 0 Å². The number of rotatable bonds is 3. The van der Waals surface area contributed by atoms with E-state index in [0.29, 0.717) is 16.2 Å². The molecule has 0 saturated carbocycles. The second kappa shape index (κ2) is 7.29. The van der Waals surface area contributed by atoms with Crippen LogP contribution in [0, 0.1) is 11.3 Å². The molecular formula is C19H12F3N3OS. The molecule has 8 heteroatoms. The molecule has 2 heterocycles. The fourth-order valence-corrected chi connectivity index (χ4v) is 3.02. The van der Waals surface area contributed by atoms with Gasteiger partial charge in [0, 0.05) is 11.8 Å². The van der Waals surface area contributed by atoms with Gasteiger partial charge in [0.05, 0.1) is 16.3 Å². The van der Waals surface area contributed by atoms with E-state index in [0.717, 1.165) is 12.1 Å². The Bertz CT molecular complexity index is 1100. The van der Waals surface area contributed by atoms with E-state index in [1.165, 1.54) is 30.0 Å². The number of thioether (sulfide) groups is 1. The van der Waals surface area contributed by atoms with Gasteiger partial charge in [0.15, 0.2) is 0 Å². The standard InChI is InChI=1S/C19H12F3N3OS/c1-27-16-9-11(5-6-24-16)15-8-13(10-23)18(26)25-17(15)12-3-2-4-14(7-12)19(20,21)22/h2-9H,1H3,(H,25,26). The second-order valence-corrected chi connectivity index (χ2v) is 6.40. The Morgan fingerprint density at radius 1 is 1.15 bits per heavy atom. The maximum Gasteiger partial charge on any atom is 0.416 e. The SMILES string of the molecule is CSc1cc(-c2cc(C#N)c(=O)[nH]c2-c2cccc(C(F)(F)F)c2)ccn1. The van der Waals surface area contributed by atoms with Gasteiger partial charge < -0.3 is 4.98 Å². The van der Waals surface area contributed by atoms with Crippen LogP contribution < -0.4 is 5.56 Å². The molecule has 0 fully saturated rings. The van der Waals surface area contributed by atoms with Crippen LogP contribution in [0.4, 0.5) is 13.2 Å². The lowest BCUT2D eigenvalue weighted by atomic mass is 9.97. The number of nitrogens with one attached hydrogen (secondary N) is 1. The highest BCUT2D eigenvalue weighted by molar-refractivity contribution is 7.98. The number of halogens is 3. The predicted molar refractivity (Wildman–Crippen MR) is 97.2 cm³/mol. The molecule has 0 unspecified atom stereocenters. The van der Waals surface area contributed by atoms with Crippen molar-refractivity contribution in [3.8, 4) is 28.5 Å². The molecule has 0 saturated heterocycles. The molecule has 0 radical (unpaired) electrons. The Labute approximate surface area is 156 Å². The molecule has 0 bridgehead atoms. The highest BCUT2D eigenvalue weighted by Gasteiger charge is 2.30. The van der Waals surface area contributed by atoms with Gasteiger partial charge in [-0.1, -0.05) is 12.1 Å². The highest BCUT2D eigenvalue weighted by Crippen LogP contribution is 2.35. The molecule has 2 aromatic heterocycles. The van der Waals surface area contributed by atoms with Gasteiger partial charge in [0.1, 0.15) is 11.6 Å². The summed E-state index contributed by atoms with van der Waals surface area (Å²) < 4.78 is 39.2. The first kappa shape index (κ1) is 18.7. The fourth-order valence-electron chi connectivity index (χ4n) is 2.61. The summed E-state index contributed by atoms with van der Waals surface area (Å²) in [6.07, 6.45) is -1.10. The van der Waals surface area contributed by atoms with Crippen molar-refractivity contribution in [2.45, 2.75) is 11.2 Å². The zero-order chi connectivity index (χ0) is 19.6. The number of hydrogen-bond acceptors (Lipinski definition) is 4. The van der Waals surface area contributed by atoms with Crippen LogP contribution in [-0.4, -0.2) is 16.2 Å². The van der Waals surface area contributed by atoms with Crippen LogP contribution in [0.1, 0.15) is 11.1 Å². The van der Waals surface area contributed by atoms with Crippen LogP contribution in [0.3, 0.4) is 0 Å². The zero-order valence-corrected chi connectivity index (χ0v) is 14.8. The van der Waals surface area contributed by atoms with Crippen LogP contribution >= 0.6 is 11.8 Å². The molecule has 1 N–H and O–H groups in total. The lowest BCUT2D eigenvalue weighted by Crippen LogP contribution is -2.12. The van der Waals surface area contributed by atoms with Crippen molar-refractivity contribution in [2.75, 3.05) is 6.26 Å². The number of alkyl halides is 3. The van der Waals surface area contributed by atoms with Gasteiger partial charge in [-0.2, -0.15) is 18.4 Å². The third-order valence-electron chi connectivity index (χ3n) is 3.90. The van der Waals surface area contributed by atoms with Crippen molar-refractivity contribution < 1.29 is 13.2 Å². The van der Waals surface area contributed by atoms with E-state index in [1.54, 1.807) is 24.4 Å². The molecule has 136 valence electrons. The second-order valence-electron chi connectivity index (χ2n) is 5.58. The first-order chi connectivity index (χ1) is 12.8. The summed E-state index contributed by atoms with van der Waals surface area (Å²) >= 11 is 1.40. The molecule has 0 aliphatic carbocycles. The largest absolute Gasteiger partial charge is 0.416 e. The van der Waals surface area contributed by atoms with Crippen molar-refractivity contribution in [1.29, 1.82) is 5.26 Å². The minimum absolute atomic E-state index is 0.122. The minimum Gasteiger partial charge on any atom is -0.320 e. The van der Waals surface area contributed by atoms with Crippen molar-refractivity contribution in [3.05, 3.63) is 70.1 Å². The normalized spacial score (nSPS) is 11.2. The summed E-state index contributed by atoms with van der Waals surface area (Å²) in [5, 5.41) is 9.87. The maximum atomic E-state index is 13.1. The number of nitriles is 1. The molecule has 3 aromatic rings. The van der Waals surface area contributed by atoms with Gasteiger partial charge in [-0.15, -0.1) is 11.8 Å². The van der Waals surface area contributed by atoms with Gasteiger partial charge in [-0.05, 0) is 47.7 Å². The Hall–Kier alpha value is -3.05. The molecule has 0 atom stereocenters. The monoisotopic (exact) mass is 387 g/mol. The minimum atomic E-state index is -4.51. The van der Waals surface area contributed by atoms with Gasteiger partial charge >= 0.3 is 6.18 Å². The Morgan fingerprint density at radius 3 is 2.59 bits per heavy atom. The van der Waals surface area contributed by atoms with E-state index in [4.69, 9.17) is 5.26 Å². The average Bonchev–Trinajstić information content (AvgIpc) is 2.67. The number of pyridine rings is 2. The Kier molecular flexibility index (Phi) is 5.06. The van der Waals surface area contributed by atoms with E-state index in [2.05, 4.69) is 9.97 Å². The molecule has 0 amide bonds. The number of aromatic nitrogens is 2. The molecule has 3 rings (SSSR count). The Morgan fingerprint density at radius 2 is 1.93 bits per heavy atom. The summed E-state index contributed by atoms with van der Waals surface area (Å²) in [5.74, 6) is 0. The van der Waals surface area contributed by atoms with E-state index in [1.807, 2.05) is 6.26 Å².